The van der Waals surface area contributed by atoms with Crippen molar-refractivity contribution in [2.24, 2.45) is 17.0 Å². The molecule has 4 aliphatic rings. The van der Waals surface area contributed by atoms with Gasteiger partial charge in [0, 0.05) is 44.1 Å². The minimum Gasteiger partial charge on any atom is -0.479 e. The van der Waals surface area contributed by atoms with Gasteiger partial charge in [0.05, 0.1) is 11.0 Å². The molecule has 2 saturated carbocycles. The zero-order valence-corrected chi connectivity index (χ0v) is 24.5. The SMILES string of the molecule is CNC(=O)CC/C(=N\OCC(=O)O)c1nc2ccccc2n(C2C[C@H]3CCC[C@@H](C2)N3C2CC3CCCC(C3)C2)c1=O. The van der Waals surface area contributed by atoms with Gasteiger partial charge in [0.25, 0.3) is 5.56 Å². The van der Waals surface area contributed by atoms with Crippen molar-refractivity contribution < 1.29 is 19.5 Å². The topological polar surface area (TPSA) is 126 Å². The van der Waals surface area contributed by atoms with Gasteiger partial charge in [-0.1, -0.05) is 43.0 Å². The van der Waals surface area contributed by atoms with E-state index in [0.717, 1.165) is 30.2 Å². The van der Waals surface area contributed by atoms with E-state index >= 15 is 0 Å². The highest BCUT2D eigenvalue weighted by atomic mass is 16.6. The molecule has 5 atom stereocenters. The number of rotatable bonds is 9. The number of nitrogens with one attached hydrogen (secondary N) is 1. The summed E-state index contributed by atoms with van der Waals surface area (Å²) in [5, 5.41) is 15.7. The zero-order valence-electron chi connectivity index (χ0n) is 24.5. The van der Waals surface area contributed by atoms with Crippen LogP contribution in [0.15, 0.2) is 34.2 Å². The molecule has 3 heterocycles. The molecule has 1 aromatic carbocycles. The van der Waals surface area contributed by atoms with Gasteiger partial charge in [-0.05, 0) is 68.9 Å². The molecular weight excluding hydrogens is 534 g/mol. The van der Waals surface area contributed by atoms with Crippen molar-refractivity contribution in [3.63, 3.8) is 0 Å². The second-order valence-corrected chi connectivity index (χ2v) is 12.8. The van der Waals surface area contributed by atoms with E-state index in [9.17, 15) is 14.4 Å². The van der Waals surface area contributed by atoms with Gasteiger partial charge >= 0.3 is 5.97 Å². The minimum atomic E-state index is -1.17. The quantitative estimate of drug-likeness (QED) is 0.337. The van der Waals surface area contributed by atoms with E-state index in [0.29, 0.717) is 23.6 Å². The van der Waals surface area contributed by atoms with Crippen LogP contribution in [0.25, 0.3) is 11.0 Å². The van der Waals surface area contributed by atoms with Gasteiger partial charge in [-0.2, -0.15) is 0 Å². The predicted octanol–water partition coefficient (Wildman–Crippen LogP) is 4.25. The number of aliphatic carboxylic acids is 1. The summed E-state index contributed by atoms with van der Waals surface area (Å²) in [6, 6.07) is 9.31. The number of carboxylic acid groups (broad SMARTS) is 1. The Balaban J connectivity index is 1.34. The van der Waals surface area contributed by atoms with Crippen LogP contribution in [-0.2, 0) is 14.4 Å². The fourth-order valence-electron chi connectivity index (χ4n) is 8.57. The molecule has 0 spiro atoms. The molecule has 4 bridgehead atoms. The number of aromatic nitrogens is 2. The predicted molar refractivity (Wildman–Crippen MR) is 159 cm³/mol. The molecule has 42 heavy (non-hydrogen) atoms. The Morgan fingerprint density at radius 2 is 1.64 bits per heavy atom. The molecule has 1 aromatic heterocycles. The Morgan fingerprint density at radius 1 is 0.952 bits per heavy atom. The first-order valence-electron chi connectivity index (χ1n) is 15.8. The molecule has 2 aromatic rings. The number of carbonyl (C=O) groups excluding carboxylic acids is 1. The molecule has 6 rings (SSSR count). The summed E-state index contributed by atoms with van der Waals surface area (Å²) < 4.78 is 1.92. The molecule has 2 saturated heterocycles. The van der Waals surface area contributed by atoms with Crippen LogP contribution in [0, 0.1) is 11.8 Å². The van der Waals surface area contributed by atoms with E-state index in [1.165, 1.54) is 57.8 Å². The van der Waals surface area contributed by atoms with Gasteiger partial charge in [-0.25, -0.2) is 9.78 Å². The third-order valence-electron chi connectivity index (χ3n) is 10.2. The Labute approximate surface area is 246 Å². The largest absolute Gasteiger partial charge is 0.479 e. The fourth-order valence-corrected chi connectivity index (χ4v) is 8.57. The number of carbonyl (C=O) groups is 2. The first kappa shape index (κ1) is 28.8. The number of oxime groups is 1. The zero-order chi connectivity index (χ0) is 29.2. The summed E-state index contributed by atoms with van der Waals surface area (Å²) in [6.45, 7) is -0.643. The molecule has 2 aliphatic carbocycles. The van der Waals surface area contributed by atoms with Crippen LogP contribution in [0.1, 0.15) is 95.2 Å². The number of hydrogen-bond donors (Lipinski definition) is 2. The Morgan fingerprint density at radius 3 is 2.33 bits per heavy atom. The van der Waals surface area contributed by atoms with Gasteiger partial charge in [-0.15, -0.1) is 0 Å². The van der Waals surface area contributed by atoms with Crippen molar-refractivity contribution in [1.82, 2.24) is 19.8 Å². The molecule has 226 valence electrons. The molecule has 2 N–H and O–H groups in total. The first-order valence-corrected chi connectivity index (χ1v) is 15.8. The second kappa shape index (κ2) is 12.5. The van der Waals surface area contributed by atoms with Crippen LogP contribution in [0.2, 0.25) is 0 Å². The van der Waals surface area contributed by atoms with Crippen molar-refractivity contribution in [3.05, 3.63) is 40.3 Å². The van der Waals surface area contributed by atoms with Crippen LogP contribution >= 0.6 is 0 Å². The lowest BCUT2D eigenvalue weighted by molar-refractivity contribution is -0.142. The van der Waals surface area contributed by atoms with E-state index in [2.05, 4.69) is 15.4 Å². The molecule has 10 nitrogen and oxygen atoms in total. The summed E-state index contributed by atoms with van der Waals surface area (Å²) in [7, 11) is 1.55. The van der Waals surface area contributed by atoms with Crippen LogP contribution < -0.4 is 10.9 Å². The lowest BCUT2D eigenvalue weighted by Gasteiger charge is -2.55. The summed E-state index contributed by atoms with van der Waals surface area (Å²) in [5.74, 6) is 0.375. The maximum atomic E-state index is 14.3. The monoisotopic (exact) mass is 577 g/mol. The van der Waals surface area contributed by atoms with E-state index < -0.39 is 12.6 Å². The fraction of sp³-hybridized carbons (Fsp3) is 0.656. The number of nitrogens with zero attached hydrogens (tertiary/aromatic N) is 4. The second-order valence-electron chi connectivity index (χ2n) is 12.8. The highest BCUT2D eigenvalue weighted by Crippen LogP contribution is 2.47. The summed E-state index contributed by atoms with van der Waals surface area (Å²) in [4.78, 5) is 50.1. The Kier molecular flexibility index (Phi) is 8.60. The van der Waals surface area contributed by atoms with E-state index in [4.69, 9.17) is 14.9 Å². The maximum absolute atomic E-state index is 14.3. The average Bonchev–Trinajstić information content (AvgIpc) is 2.97. The van der Waals surface area contributed by atoms with Crippen molar-refractivity contribution >= 4 is 28.6 Å². The lowest BCUT2D eigenvalue weighted by Crippen LogP contribution is -2.58. The molecule has 2 aliphatic heterocycles. The number of piperidine rings is 2. The van der Waals surface area contributed by atoms with Crippen LogP contribution in [0.5, 0.6) is 0 Å². The van der Waals surface area contributed by atoms with Gasteiger partial charge in [0.1, 0.15) is 5.71 Å². The van der Waals surface area contributed by atoms with E-state index in [1.54, 1.807) is 7.05 Å². The third kappa shape index (κ3) is 5.96. The number of para-hydroxylation sites is 2. The third-order valence-corrected chi connectivity index (χ3v) is 10.2. The highest BCUT2D eigenvalue weighted by molar-refractivity contribution is 6.01. The molecule has 0 radical (unpaired) electrons. The Hall–Kier alpha value is -3.27. The summed E-state index contributed by atoms with van der Waals surface area (Å²) >= 11 is 0. The number of benzene rings is 1. The van der Waals surface area contributed by atoms with Crippen LogP contribution in [0.3, 0.4) is 0 Å². The summed E-state index contributed by atoms with van der Waals surface area (Å²) in [6.07, 6.45) is 13.9. The van der Waals surface area contributed by atoms with E-state index in [-0.39, 0.29) is 41.8 Å². The number of fused-ring (bicyclic) bond motifs is 5. The summed E-state index contributed by atoms with van der Waals surface area (Å²) in [5.41, 5.74) is 1.52. The molecule has 10 heteroatoms. The molecule has 3 unspecified atom stereocenters. The van der Waals surface area contributed by atoms with Crippen LogP contribution in [0.4, 0.5) is 0 Å². The van der Waals surface area contributed by atoms with Crippen molar-refractivity contribution in [1.29, 1.82) is 0 Å². The van der Waals surface area contributed by atoms with Gasteiger partial charge in [0.2, 0.25) is 12.5 Å². The molecule has 1 amide bonds. The smallest absolute Gasteiger partial charge is 0.344 e. The van der Waals surface area contributed by atoms with E-state index in [1.807, 2.05) is 28.8 Å². The maximum Gasteiger partial charge on any atom is 0.344 e. The first-order chi connectivity index (χ1) is 20.4. The van der Waals surface area contributed by atoms with Crippen molar-refractivity contribution in [2.45, 2.75) is 108 Å². The molecule has 4 fully saturated rings. The number of hydrogen-bond acceptors (Lipinski definition) is 7. The number of carboxylic acids is 1. The standard InChI is InChI=1S/C32H43N5O5/c1-33-29(38)13-12-27(35-42-19-30(39)40)31-32(41)37(28-11-3-2-10-26(28)34-31)25-17-22-8-5-9-23(18-25)36(22)24-15-20-6-4-7-21(14-20)16-24/h2-3,10-11,20-25H,4-9,12-19H2,1H3,(H,33,38)(H,39,40)/b35-27+/t20?,21?,22-,23+,24?,25?. The van der Waals surface area contributed by atoms with Gasteiger partial charge in [-0.3, -0.25) is 14.5 Å². The highest BCUT2D eigenvalue weighted by Gasteiger charge is 2.45. The normalized spacial score (nSPS) is 29.7. The van der Waals surface area contributed by atoms with Gasteiger partial charge < -0.3 is 19.8 Å². The van der Waals surface area contributed by atoms with Crippen molar-refractivity contribution in [2.75, 3.05) is 13.7 Å². The minimum absolute atomic E-state index is 0.0268. The average molecular weight is 578 g/mol. The van der Waals surface area contributed by atoms with Crippen LogP contribution in [-0.4, -0.2) is 68.9 Å². The Bertz CT molecular complexity index is 1380. The van der Waals surface area contributed by atoms with Crippen molar-refractivity contribution in [3.8, 4) is 0 Å². The number of amides is 1. The van der Waals surface area contributed by atoms with Gasteiger partial charge in [0.15, 0.2) is 5.69 Å². The lowest BCUT2D eigenvalue weighted by atomic mass is 9.68. The molecular formula is C32H43N5O5.